The second kappa shape index (κ2) is 35.9. The summed E-state index contributed by atoms with van der Waals surface area (Å²) in [7, 11) is 1.23. The predicted octanol–water partition coefficient (Wildman–Crippen LogP) is 10.4. The van der Waals surface area contributed by atoms with Gasteiger partial charge in [-0.2, -0.15) is 0 Å². The number of esters is 1. The highest BCUT2D eigenvalue weighted by Gasteiger charge is 2.20. The van der Waals surface area contributed by atoms with Gasteiger partial charge in [0.25, 0.3) is 7.82 Å². The van der Waals surface area contributed by atoms with E-state index in [-0.39, 0.29) is 26.2 Å². The minimum absolute atomic E-state index is 0.000985. The van der Waals surface area contributed by atoms with E-state index >= 15 is 0 Å². The molecule has 0 bridgehead atoms. The van der Waals surface area contributed by atoms with Gasteiger partial charge in [-0.1, -0.05) is 135 Å². The zero-order valence-electron chi connectivity index (χ0n) is 33.4. The Kier molecular flexibility index (Phi) is 33.8. The van der Waals surface area contributed by atoms with Gasteiger partial charge in [-0.3, -0.25) is 9.36 Å². The number of carbonyl (C=O) groups excluding carboxylic acids is 1. The summed E-state index contributed by atoms with van der Waals surface area (Å²) in [5, 5.41) is 0. The number of phosphoric ester groups is 1. The first kappa shape index (κ1) is 49.9. The molecule has 0 aliphatic heterocycles. The maximum absolute atomic E-state index is 12.6. The first-order valence-electron chi connectivity index (χ1n) is 19.3. The molecule has 0 aliphatic carbocycles. The molecular weight excluding hydrogens is 685 g/mol. The highest BCUT2D eigenvalue weighted by Crippen LogP contribution is 2.38. The Morgan fingerprint density at radius 1 is 0.566 bits per heavy atom. The molecule has 2 atom stereocenters. The maximum Gasteiger partial charge on any atom is 0.310 e. The van der Waals surface area contributed by atoms with E-state index < -0.39 is 19.9 Å². The Hall–Kier alpha value is -3.10. The number of quaternary nitrogens is 1. The van der Waals surface area contributed by atoms with Crippen LogP contribution in [0.15, 0.2) is 122 Å². The number of allylic oxidation sites excluding steroid dienone is 18. The quantitative estimate of drug-likeness (QED) is 0.0216. The van der Waals surface area contributed by atoms with Gasteiger partial charge in [0.15, 0.2) is 0 Å². The zero-order chi connectivity index (χ0) is 39.1. The van der Waals surface area contributed by atoms with Gasteiger partial charge in [-0.05, 0) is 70.6 Å². The van der Waals surface area contributed by atoms with Gasteiger partial charge in [0.2, 0.25) is 0 Å². The van der Waals surface area contributed by atoms with Crippen molar-refractivity contribution in [2.75, 3.05) is 54.1 Å². The fraction of sp³-hybridized carbons (Fsp3) is 0.523. The average Bonchev–Trinajstić information content (AvgIpc) is 3.11. The number of likely N-dealkylation sites (N-methyl/N-ethyl adjacent to an activating group) is 1. The van der Waals surface area contributed by atoms with Crippen molar-refractivity contribution in [1.29, 1.82) is 0 Å². The van der Waals surface area contributed by atoms with Crippen LogP contribution in [0.4, 0.5) is 0 Å². The molecule has 0 saturated carbocycles. The van der Waals surface area contributed by atoms with E-state index in [4.69, 9.17) is 18.5 Å². The van der Waals surface area contributed by atoms with Crippen molar-refractivity contribution in [3.05, 3.63) is 122 Å². The Bertz CT molecular complexity index is 1250. The molecule has 0 amide bonds. The summed E-state index contributed by atoms with van der Waals surface area (Å²) >= 11 is 0. The Balaban J connectivity index is 4.61. The van der Waals surface area contributed by atoms with Gasteiger partial charge >= 0.3 is 5.97 Å². The molecule has 53 heavy (non-hydrogen) atoms. The van der Waals surface area contributed by atoms with E-state index in [1.54, 1.807) is 6.08 Å². The Morgan fingerprint density at radius 3 is 1.38 bits per heavy atom. The van der Waals surface area contributed by atoms with E-state index in [2.05, 4.69) is 111 Å². The van der Waals surface area contributed by atoms with Crippen molar-refractivity contribution >= 4 is 13.8 Å². The van der Waals surface area contributed by atoms with Crippen molar-refractivity contribution in [3.63, 3.8) is 0 Å². The number of nitrogens with zero attached hydrogens (tertiary/aromatic N) is 1. The van der Waals surface area contributed by atoms with Crippen molar-refractivity contribution in [1.82, 2.24) is 0 Å². The molecule has 0 saturated heterocycles. The largest absolute Gasteiger partial charge is 0.756 e. The topological polar surface area (TPSA) is 94.1 Å². The molecule has 0 aromatic carbocycles. The third-order valence-corrected chi connectivity index (χ3v) is 8.02. The number of hydrogen-bond donors (Lipinski definition) is 0. The third-order valence-electron chi connectivity index (χ3n) is 7.06. The van der Waals surface area contributed by atoms with Gasteiger partial charge < -0.3 is 27.9 Å². The van der Waals surface area contributed by atoms with E-state index in [1.165, 1.54) is 0 Å². The normalized spacial score (nSPS) is 15.2. The standard InChI is InChI=1S/C44H70NO7P/c1-6-8-10-12-14-16-18-20-22-24-26-28-30-32-34-36-39-49-41-43(42-51-53(47,48)50-40-38-45(3,4)5)52-44(46)37-35-33-31-29-27-25-23-21-19-17-15-13-11-9-7-2/h8-11,14-17,20-23,26-29,32-35,43H,6-7,12-13,18-19,24-25,30-31,36-42H2,1-5H3/b10-8-,11-9-,16-14-,17-15-,22-20-,23-21-,28-26-,29-27-,34-32-,35-33-. The predicted molar refractivity (Wildman–Crippen MR) is 221 cm³/mol. The van der Waals surface area contributed by atoms with Crippen LogP contribution in [0, 0.1) is 0 Å². The summed E-state index contributed by atoms with van der Waals surface area (Å²) in [5.41, 5.74) is 0. The molecule has 0 aromatic heterocycles. The molecule has 0 N–H and O–H groups in total. The van der Waals surface area contributed by atoms with Gasteiger partial charge in [0, 0.05) is 0 Å². The number of phosphoric acid groups is 1. The van der Waals surface area contributed by atoms with Crippen LogP contribution < -0.4 is 4.89 Å². The second-order valence-corrected chi connectivity index (χ2v) is 14.6. The van der Waals surface area contributed by atoms with Gasteiger partial charge in [-0.15, -0.1) is 0 Å². The molecule has 0 radical (unpaired) electrons. The van der Waals surface area contributed by atoms with Crippen molar-refractivity contribution in [2.45, 2.75) is 97.0 Å². The smallest absolute Gasteiger partial charge is 0.310 e. The Labute approximate surface area is 322 Å². The van der Waals surface area contributed by atoms with Crippen LogP contribution >= 0.6 is 7.82 Å². The van der Waals surface area contributed by atoms with Crippen molar-refractivity contribution < 1.29 is 37.3 Å². The summed E-state index contributed by atoms with van der Waals surface area (Å²) in [5.74, 6) is -0.492. The maximum atomic E-state index is 12.6. The summed E-state index contributed by atoms with van der Waals surface area (Å²) < 4.78 is 34.2. The molecule has 0 rings (SSSR count). The second-order valence-electron chi connectivity index (χ2n) is 13.2. The third kappa shape index (κ3) is 39.9. The van der Waals surface area contributed by atoms with Crippen LogP contribution in [0.3, 0.4) is 0 Å². The average molecular weight is 756 g/mol. The lowest BCUT2D eigenvalue weighted by Crippen LogP contribution is -2.37. The first-order chi connectivity index (χ1) is 25.6. The lowest BCUT2D eigenvalue weighted by atomic mass is 10.2. The summed E-state index contributed by atoms with van der Waals surface area (Å²) in [6, 6.07) is 0. The van der Waals surface area contributed by atoms with Gasteiger partial charge in [0.05, 0.1) is 47.4 Å². The molecule has 298 valence electrons. The number of hydrogen-bond acceptors (Lipinski definition) is 7. The SMILES string of the molecule is CC/C=C\C/C=C\C/C=C\C/C=C\C/C=C\CCOCC(COP(=O)([O-])OCC[N+](C)(C)C)OC(=O)C/C=C\C/C=C\C/C=C\C/C=C\C/C=C\CC. The Morgan fingerprint density at radius 2 is 0.962 bits per heavy atom. The van der Waals surface area contributed by atoms with Crippen LogP contribution in [0.1, 0.15) is 90.9 Å². The van der Waals surface area contributed by atoms with Crippen LogP contribution in [-0.4, -0.2) is 70.7 Å². The molecule has 0 heterocycles. The van der Waals surface area contributed by atoms with E-state index in [0.717, 1.165) is 57.8 Å². The van der Waals surface area contributed by atoms with Crippen LogP contribution in [0.2, 0.25) is 0 Å². The van der Waals surface area contributed by atoms with Crippen molar-refractivity contribution in [3.8, 4) is 0 Å². The molecule has 0 spiro atoms. The first-order valence-corrected chi connectivity index (χ1v) is 20.7. The zero-order valence-corrected chi connectivity index (χ0v) is 34.3. The monoisotopic (exact) mass is 755 g/mol. The van der Waals surface area contributed by atoms with Crippen LogP contribution in [0.5, 0.6) is 0 Å². The van der Waals surface area contributed by atoms with Gasteiger partial charge in [0.1, 0.15) is 19.3 Å². The lowest BCUT2D eigenvalue weighted by molar-refractivity contribution is -0.870. The number of ether oxygens (including phenoxy) is 2. The lowest BCUT2D eigenvalue weighted by Gasteiger charge is -2.28. The molecule has 2 unspecified atom stereocenters. The summed E-state index contributed by atoms with van der Waals surface area (Å²) in [6.45, 7) is 4.75. The summed E-state index contributed by atoms with van der Waals surface area (Å²) in [4.78, 5) is 24.9. The molecule has 0 fully saturated rings. The molecule has 9 heteroatoms. The fourth-order valence-corrected chi connectivity index (χ4v) is 4.88. The number of carbonyl (C=O) groups is 1. The minimum atomic E-state index is -4.57. The van der Waals surface area contributed by atoms with E-state index in [1.807, 2.05) is 39.4 Å². The highest BCUT2D eigenvalue weighted by atomic mass is 31.2. The summed E-state index contributed by atoms with van der Waals surface area (Å²) in [6.07, 6.45) is 51.3. The molecule has 0 aromatic rings. The highest BCUT2D eigenvalue weighted by molar-refractivity contribution is 7.45. The van der Waals surface area contributed by atoms with Crippen LogP contribution in [0.25, 0.3) is 0 Å². The van der Waals surface area contributed by atoms with Crippen molar-refractivity contribution in [2.24, 2.45) is 0 Å². The molecule has 0 aliphatic rings. The molecule has 8 nitrogen and oxygen atoms in total. The van der Waals surface area contributed by atoms with Crippen LogP contribution in [-0.2, 0) is 27.9 Å². The fourth-order valence-electron chi connectivity index (χ4n) is 4.15. The minimum Gasteiger partial charge on any atom is -0.756 e. The number of rotatable bonds is 33. The van der Waals surface area contributed by atoms with E-state index in [9.17, 15) is 14.3 Å². The van der Waals surface area contributed by atoms with E-state index in [0.29, 0.717) is 30.5 Å². The molecular formula is C44H70NO7P. The van der Waals surface area contributed by atoms with Gasteiger partial charge in [-0.25, -0.2) is 0 Å².